The fraction of sp³-hybridized carbons (Fsp3) is 0.559. The summed E-state index contributed by atoms with van der Waals surface area (Å²) in [6.07, 6.45) is 13.7. The molecule has 6 rings (SSSR count). The van der Waals surface area contributed by atoms with Crippen LogP contribution in [-0.4, -0.2) is 20.8 Å². The fourth-order valence-corrected chi connectivity index (χ4v) is 7.82. The summed E-state index contributed by atoms with van der Waals surface area (Å²) in [6, 6.07) is 15.3. The van der Waals surface area contributed by atoms with E-state index in [9.17, 15) is 4.79 Å². The van der Waals surface area contributed by atoms with E-state index in [-0.39, 0.29) is 5.41 Å². The molecule has 5 heteroatoms. The van der Waals surface area contributed by atoms with Crippen molar-refractivity contribution in [3.63, 3.8) is 0 Å². The number of rotatable bonds is 10. The van der Waals surface area contributed by atoms with Crippen molar-refractivity contribution in [3.8, 4) is 5.75 Å². The van der Waals surface area contributed by atoms with Crippen molar-refractivity contribution in [2.75, 3.05) is 0 Å². The summed E-state index contributed by atoms with van der Waals surface area (Å²) in [6.45, 7) is 6.01. The number of benzene rings is 2. The molecule has 0 unspecified atom stereocenters. The molecule has 0 bridgehead atoms. The highest BCUT2D eigenvalue weighted by atomic mass is 16.5. The first-order chi connectivity index (χ1) is 19.0. The summed E-state index contributed by atoms with van der Waals surface area (Å²) < 4.78 is 8.48. The number of hydrogen-bond donors (Lipinski definition) is 0. The Bertz CT molecular complexity index is 1300. The van der Waals surface area contributed by atoms with Gasteiger partial charge in [-0.1, -0.05) is 61.9 Å². The minimum absolute atomic E-state index is 0.0746. The van der Waals surface area contributed by atoms with Crippen LogP contribution in [0.2, 0.25) is 0 Å². The molecule has 1 aromatic heterocycles. The molecular formula is C34H43N3O2. The third kappa shape index (κ3) is 5.29. The lowest BCUT2D eigenvalue weighted by Gasteiger charge is -2.48. The number of nitrogens with zero attached hydrogens (tertiary/aromatic N) is 3. The van der Waals surface area contributed by atoms with Gasteiger partial charge in [-0.25, -0.2) is 0 Å². The number of unbranched alkanes of at least 4 members (excludes halogenated alkanes) is 1. The second kappa shape index (κ2) is 11.3. The first-order valence-corrected chi connectivity index (χ1v) is 15.3. The van der Waals surface area contributed by atoms with E-state index in [0.717, 1.165) is 82.2 Å². The van der Waals surface area contributed by atoms with Gasteiger partial charge in [0.15, 0.2) is 0 Å². The zero-order valence-corrected chi connectivity index (χ0v) is 23.7. The molecule has 206 valence electrons. The summed E-state index contributed by atoms with van der Waals surface area (Å²) in [5, 5.41) is 8.74. The van der Waals surface area contributed by atoms with E-state index in [1.54, 1.807) is 5.56 Å². The molecule has 3 aliphatic rings. The predicted octanol–water partition coefficient (Wildman–Crippen LogP) is 7.26. The Labute approximate surface area is 233 Å². The Morgan fingerprint density at radius 1 is 1.05 bits per heavy atom. The Balaban J connectivity index is 1.22. The molecule has 5 nitrogen and oxygen atoms in total. The van der Waals surface area contributed by atoms with Gasteiger partial charge in [0.25, 0.3) is 0 Å². The summed E-state index contributed by atoms with van der Waals surface area (Å²) in [5.74, 6) is 3.35. The standard InChI is InChI=1S/C34H43N3O2/c1-3-4-19-37-22-27(35-36-37)12-8-11-26-20-30-25(21-32(26)39-23-24-9-6-5-7-10-24)13-14-29-28(30)17-18-34(2)31(29)15-16-33(34)38/h5-7,9-10,20-22,28-29,31H,3-4,8,11-19,23H2,1-2H3/t28-,29+,31-,34-/m0/s1. The summed E-state index contributed by atoms with van der Waals surface area (Å²) in [5.41, 5.74) is 6.53. The number of carbonyl (C=O) groups excluding carboxylic acids is 1. The van der Waals surface area contributed by atoms with Crippen LogP contribution in [0, 0.1) is 17.3 Å². The van der Waals surface area contributed by atoms with Crippen LogP contribution in [-0.2, 0) is 37.2 Å². The van der Waals surface area contributed by atoms with Crippen molar-refractivity contribution in [3.05, 3.63) is 76.6 Å². The lowest BCUT2D eigenvalue weighted by Crippen LogP contribution is -2.42. The van der Waals surface area contributed by atoms with E-state index >= 15 is 0 Å². The largest absolute Gasteiger partial charge is 0.489 e. The van der Waals surface area contributed by atoms with Crippen molar-refractivity contribution >= 4 is 5.78 Å². The molecule has 39 heavy (non-hydrogen) atoms. The van der Waals surface area contributed by atoms with E-state index in [2.05, 4.69) is 72.8 Å². The van der Waals surface area contributed by atoms with E-state index in [4.69, 9.17) is 4.74 Å². The molecule has 0 amide bonds. The summed E-state index contributed by atoms with van der Waals surface area (Å²) in [7, 11) is 0. The zero-order chi connectivity index (χ0) is 26.8. The molecule has 0 radical (unpaired) electrons. The van der Waals surface area contributed by atoms with Crippen LogP contribution < -0.4 is 4.74 Å². The lowest BCUT2D eigenvalue weighted by molar-refractivity contribution is -0.129. The molecule has 3 aliphatic carbocycles. The number of ether oxygens (including phenoxy) is 1. The SMILES string of the molecule is CCCCn1cc(CCCc2cc3c(cc2OCc2ccccc2)CC[C@@H]2[C@@H]3CC[C@]3(C)C(=O)CC[C@@H]23)nn1. The van der Waals surface area contributed by atoms with Crippen LogP contribution in [0.25, 0.3) is 0 Å². The molecule has 0 spiro atoms. The average molecular weight is 526 g/mol. The Morgan fingerprint density at radius 3 is 2.77 bits per heavy atom. The van der Waals surface area contributed by atoms with E-state index in [1.165, 1.54) is 23.1 Å². The quantitative estimate of drug-likeness (QED) is 0.280. The molecular weight excluding hydrogens is 482 g/mol. The molecule has 0 N–H and O–H groups in total. The van der Waals surface area contributed by atoms with Gasteiger partial charge >= 0.3 is 0 Å². The van der Waals surface area contributed by atoms with E-state index in [1.807, 2.05) is 4.68 Å². The Morgan fingerprint density at radius 2 is 1.92 bits per heavy atom. The lowest BCUT2D eigenvalue weighted by atomic mass is 9.55. The van der Waals surface area contributed by atoms with Crippen molar-refractivity contribution in [2.24, 2.45) is 17.3 Å². The molecule has 2 saturated carbocycles. The van der Waals surface area contributed by atoms with E-state index < -0.39 is 0 Å². The number of Topliss-reactive ketones (excluding diaryl/α,β-unsaturated/α-hetero) is 1. The first kappa shape index (κ1) is 26.3. The van der Waals surface area contributed by atoms with Crippen molar-refractivity contribution < 1.29 is 9.53 Å². The number of aromatic nitrogens is 3. The Hall–Kier alpha value is -2.95. The van der Waals surface area contributed by atoms with Crippen LogP contribution in [0.15, 0.2) is 48.7 Å². The minimum Gasteiger partial charge on any atom is -0.489 e. The second-order valence-electron chi connectivity index (χ2n) is 12.4. The van der Waals surface area contributed by atoms with Crippen molar-refractivity contribution in [2.45, 2.75) is 104 Å². The predicted molar refractivity (Wildman–Crippen MR) is 154 cm³/mol. The number of hydrogen-bond acceptors (Lipinski definition) is 4. The molecule has 2 aromatic carbocycles. The third-order valence-corrected chi connectivity index (χ3v) is 10.1. The number of aryl methyl sites for hydroxylation is 4. The van der Waals surface area contributed by atoms with Gasteiger partial charge in [0.2, 0.25) is 0 Å². The fourth-order valence-electron chi connectivity index (χ4n) is 7.82. The molecule has 0 aliphatic heterocycles. The van der Waals surface area contributed by atoms with Gasteiger partial charge in [-0.3, -0.25) is 9.48 Å². The van der Waals surface area contributed by atoms with Crippen LogP contribution in [0.5, 0.6) is 5.75 Å². The van der Waals surface area contributed by atoms with Crippen molar-refractivity contribution in [1.82, 2.24) is 15.0 Å². The first-order valence-electron chi connectivity index (χ1n) is 15.3. The number of carbonyl (C=O) groups is 1. The van der Waals surface area contributed by atoms with Crippen LogP contribution in [0.1, 0.15) is 99.1 Å². The van der Waals surface area contributed by atoms with Gasteiger partial charge in [0.05, 0.1) is 5.69 Å². The minimum atomic E-state index is -0.0746. The monoisotopic (exact) mass is 525 g/mol. The van der Waals surface area contributed by atoms with Gasteiger partial charge in [-0.2, -0.15) is 0 Å². The maximum Gasteiger partial charge on any atom is 0.139 e. The summed E-state index contributed by atoms with van der Waals surface area (Å²) in [4.78, 5) is 12.8. The second-order valence-corrected chi connectivity index (χ2v) is 12.4. The van der Waals surface area contributed by atoms with Crippen LogP contribution in [0.3, 0.4) is 0 Å². The molecule has 4 atom stereocenters. The van der Waals surface area contributed by atoms with Gasteiger partial charge in [0.1, 0.15) is 18.1 Å². The number of fused-ring (bicyclic) bond motifs is 5. The smallest absolute Gasteiger partial charge is 0.139 e. The van der Waals surface area contributed by atoms with Crippen LogP contribution >= 0.6 is 0 Å². The maximum absolute atomic E-state index is 12.8. The van der Waals surface area contributed by atoms with Gasteiger partial charge < -0.3 is 4.74 Å². The maximum atomic E-state index is 12.8. The zero-order valence-electron chi connectivity index (χ0n) is 23.7. The highest BCUT2D eigenvalue weighted by Gasteiger charge is 2.54. The van der Waals surface area contributed by atoms with Gasteiger partial charge in [-0.05, 0) is 104 Å². The molecule has 2 fully saturated rings. The molecule has 1 heterocycles. The summed E-state index contributed by atoms with van der Waals surface area (Å²) >= 11 is 0. The van der Waals surface area contributed by atoms with E-state index in [0.29, 0.717) is 30.1 Å². The highest BCUT2D eigenvalue weighted by molar-refractivity contribution is 5.87. The Kier molecular flexibility index (Phi) is 7.59. The van der Waals surface area contributed by atoms with Gasteiger partial charge in [0, 0.05) is 24.6 Å². The molecule has 0 saturated heterocycles. The molecule has 3 aromatic rings. The highest BCUT2D eigenvalue weighted by Crippen LogP contribution is 2.59. The topological polar surface area (TPSA) is 57.0 Å². The van der Waals surface area contributed by atoms with Crippen LogP contribution in [0.4, 0.5) is 0 Å². The van der Waals surface area contributed by atoms with Gasteiger partial charge in [-0.15, -0.1) is 5.10 Å². The van der Waals surface area contributed by atoms with Crippen molar-refractivity contribution in [1.29, 1.82) is 0 Å². The number of ketones is 1. The third-order valence-electron chi connectivity index (χ3n) is 10.1. The normalized spacial score (nSPS) is 25.7. The average Bonchev–Trinajstić information content (AvgIpc) is 3.54.